The SMILES string of the molecule is CCOC(=O)C(CCCO)(C(=O)O)c1ccccc1Cl. The maximum absolute atomic E-state index is 12.2. The highest BCUT2D eigenvalue weighted by atomic mass is 35.5. The van der Waals surface area contributed by atoms with E-state index in [0.717, 1.165) is 0 Å². The van der Waals surface area contributed by atoms with Crippen LogP contribution < -0.4 is 0 Å². The highest BCUT2D eigenvalue weighted by Crippen LogP contribution is 2.36. The van der Waals surface area contributed by atoms with Crippen LogP contribution in [0, 0.1) is 0 Å². The number of carboxylic acid groups (broad SMARTS) is 1. The highest BCUT2D eigenvalue weighted by molar-refractivity contribution is 6.32. The van der Waals surface area contributed by atoms with Gasteiger partial charge in [0.1, 0.15) is 0 Å². The van der Waals surface area contributed by atoms with Gasteiger partial charge in [-0.15, -0.1) is 0 Å². The summed E-state index contributed by atoms with van der Waals surface area (Å²) in [6.07, 6.45) is 0.0672. The first-order chi connectivity index (χ1) is 9.50. The summed E-state index contributed by atoms with van der Waals surface area (Å²) in [4.78, 5) is 24.0. The normalized spacial score (nSPS) is 13.6. The second-order valence-electron chi connectivity index (χ2n) is 4.24. The number of rotatable bonds is 7. The molecule has 6 heteroatoms. The maximum atomic E-state index is 12.2. The second-order valence-corrected chi connectivity index (χ2v) is 4.65. The van der Waals surface area contributed by atoms with Gasteiger partial charge in [-0.2, -0.15) is 0 Å². The number of hydrogen-bond donors (Lipinski definition) is 2. The molecule has 0 heterocycles. The minimum atomic E-state index is -1.89. The molecule has 5 nitrogen and oxygen atoms in total. The molecule has 1 rings (SSSR count). The number of ether oxygens (including phenoxy) is 1. The van der Waals surface area contributed by atoms with Crippen LogP contribution in [-0.4, -0.2) is 35.4 Å². The van der Waals surface area contributed by atoms with Crippen molar-refractivity contribution >= 4 is 23.5 Å². The first kappa shape index (κ1) is 16.5. The third kappa shape index (κ3) is 3.11. The van der Waals surface area contributed by atoms with Crippen LogP contribution in [0.4, 0.5) is 0 Å². The Labute approximate surface area is 122 Å². The summed E-state index contributed by atoms with van der Waals surface area (Å²) >= 11 is 6.04. The fourth-order valence-corrected chi connectivity index (χ4v) is 2.36. The molecule has 20 heavy (non-hydrogen) atoms. The molecule has 0 amide bonds. The summed E-state index contributed by atoms with van der Waals surface area (Å²) in [7, 11) is 0. The Hall–Kier alpha value is -1.59. The van der Waals surface area contributed by atoms with Gasteiger partial charge in [0.25, 0.3) is 0 Å². The summed E-state index contributed by atoms with van der Waals surface area (Å²) < 4.78 is 4.92. The standard InChI is InChI=1S/C14H17ClO5/c1-2-20-13(19)14(12(17)18,8-5-9-16)10-6-3-4-7-11(10)15/h3-4,6-7,16H,2,5,8-9H2,1H3,(H,17,18). The molecule has 0 radical (unpaired) electrons. The molecule has 1 aromatic carbocycles. The molecule has 1 atom stereocenters. The molecular weight excluding hydrogens is 284 g/mol. The van der Waals surface area contributed by atoms with Crippen molar-refractivity contribution in [1.29, 1.82) is 0 Å². The summed E-state index contributed by atoms with van der Waals surface area (Å²) in [6, 6.07) is 6.27. The van der Waals surface area contributed by atoms with Gasteiger partial charge in [-0.05, 0) is 31.4 Å². The number of carbonyl (C=O) groups excluding carboxylic acids is 1. The van der Waals surface area contributed by atoms with E-state index in [2.05, 4.69) is 0 Å². The van der Waals surface area contributed by atoms with Crippen molar-refractivity contribution in [2.75, 3.05) is 13.2 Å². The minimum absolute atomic E-state index is 0.0669. The molecular formula is C14H17ClO5. The molecule has 1 aromatic rings. The number of benzene rings is 1. The van der Waals surface area contributed by atoms with E-state index < -0.39 is 17.4 Å². The van der Waals surface area contributed by atoms with Crippen LogP contribution >= 0.6 is 11.6 Å². The van der Waals surface area contributed by atoms with Crippen LogP contribution in [0.25, 0.3) is 0 Å². The molecule has 0 aromatic heterocycles. The smallest absolute Gasteiger partial charge is 0.328 e. The Bertz CT molecular complexity index is 488. The van der Waals surface area contributed by atoms with Crippen molar-refractivity contribution in [3.63, 3.8) is 0 Å². The lowest BCUT2D eigenvalue weighted by molar-refractivity contribution is -0.162. The quantitative estimate of drug-likeness (QED) is 0.594. The van der Waals surface area contributed by atoms with Crippen molar-refractivity contribution in [2.24, 2.45) is 0 Å². The zero-order valence-corrected chi connectivity index (χ0v) is 11.9. The lowest BCUT2D eigenvalue weighted by atomic mass is 9.76. The van der Waals surface area contributed by atoms with Gasteiger partial charge in [0, 0.05) is 11.6 Å². The summed E-state index contributed by atoms with van der Waals surface area (Å²) in [5.74, 6) is -2.20. The van der Waals surface area contributed by atoms with Gasteiger partial charge in [-0.1, -0.05) is 29.8 Å². The second kappa shape index (κ2) is 7.26. The van der Waals surface area contributed by atoms with E-state index >= 15 is 0 Å². The number of halogens is 1. The lowest BCUT2D eigenvalue weighted by Gasteiger charge is -2.28. The van der Waals surface area contributed by atoms with Crippen molar-refractivity contribution in [3.8, 4) is 0 Å². The van der Waals surface area contributed by atoms with E-state index in [4.69, 9.17) is 21.4 Å². The number of aliphatic hydroxyl groups is 1. The zero-order valence-electron chi connectivity index (χ0n) is 11.1. The Morgan fingerprint density at radius 2 is 2.00 bits per heavy atom. The van der Waals surface area contributed by atoms with E-state index in [0.29, 0.717) is 0 Å². The number of carboxylic acids is 1. The first-order valence-electron chi connectivity index (χ1n) is 6.27. The number of esters is 1. The number of aliphatic carboxylic acids is 1. The van der Waals surface area contributed by atoms with Crippen LogP contribution in [0.15, 0.2) is 24.3 Å². The van der Waals surface area contributed by atoms with Gasteiger partial charge in [0.2, 0.25) is 0 Å². The summed E-state index contributed by atoms with van der Waals surface area (Å²) in [6.45, 7) is 1.44. The van der Waals surface area contributed by atoms with Gasteiger partial charge < -0.3 is 14.9 Å². The fraction of sp³-hybridized carbons (Fsp3) is 0.429. The molecule has 1 unspecified atom stereocenters. The van der Waals surface area contributed by atoms with Gasteiger partial charge in [0.05, 0.1) is 6.61 Å². The van der Waals surface area contributed by atoms with Gasteiger partial charge in [-0.25, -0.2) is 0 Å². The van der Waals surface area contributed by atoms with Gasteiger partial charge in [0.15, 0.2) is 5.41 Å². The topological polar surface area (TPSA) is 83.8 Å². The Balaban J connectivity index is 3.40. The number of carbonyl (C=O) groups is 2. The fourth-order valence-electron chi connectivity index (χ4n) is 2.06. The maximum Gasteiger partial charge on any atom is 0.328 e. The van der Waals surface area contributed by atoms with Crippen LogP contribution in [0.3, 0.4) is 0 Å². The predicted molar refractivity (Wildman–Crippen MR) is 73.7 cm³/mol. The third-order valence-electron chi connectivity index (χ3n) is 3.03. The Morgan fingerprint density at radius 3 is 2.50 bits per heavy atom. The zero-order chi connectivity index (χ0) is 15.2. The van der Waals surface area contributed by atoms with E-state index in [1.807, 2.05) is 0 Å². The van der Waals surface area contributed by atoms with Crippen LogP contribution in [-0.2, 0) is 19.7 Å². The van der Waals surface area contributed by atoms with Crippen molar-refractivity contribution < 1.29 is 24.5 Å². The van der Waals surface area contributed by atoms with E-state index in [1.165, 1.54) is 12.1 Å². The average Bonchev–Trinajstić information content (AvgIpc) is 2.41. The van der Waals surface area contributed by atoms with E-state index in [1.54, 1.807) is 19.1 Å². The molecule has 0 saturated carbocycles. The molecule has 0 aliphatic heterocycles. The summed E-state index contributed by atoms with van der Waals surface area (Å²) in [5, 5.41) is 18.7. The molecule has 110 valence electrons. The third-order valence-corrected chi connectivity index (χ3v) is 3.36. The van der Waals surface area contributed by atoms with Crippen LogP contribution in [0.5, 0.6) is 0 Å². The molecule has 0 spiro atoms. The van der Waals surface area contributed by atoms with E-state index in [-0.39, 0.29) is 36.6 Å². The number of aliphatic hydroxyl groups excluding tert-OH is 1. The molecule has 0 fully saturated rings. The largest absolute Gasteiger partial charge is 0.480 e. The molecule has 0 aliphatic rings. The van der Waals surface area contributed by atoms with E-state index in [9.17, 15) is 14.7 Å². The van der Waals surface area contributed by atoms with Crippen LogP contribution in [0.2, 0.25) is 5.02 Å². The summed E-state index contributed by atoms with van der Waals surface area (Å²) in [5.41, 5.74) is -1.71. The molecule has 0 aliphatic carbocycles. The number of hydrogen-bond acceptors (Lipinski definition) is 4. The molecule has 2 N–H and O–H groups in total. The van der Waals surface area contributed by atoms with Crippen molar-refractivity contribution in [3.05, 3.63) is 34.9 Å². The van der Waals surface area contributed by atoms with Crippen molar-refractivity contribution in [1.82, 2.24) is 0 Å². The first-order valence-corrected chi connectivity index (χ1v) is 6.65. The van der Waals surface area contributed by atoms with Crippen molar-refractivity contribution in [2.45, 2.75) is 25.2 Å². The Kier molecular flexibility index (Phi) is 5.98. The molecule has 0 saturated heterocycles. The van der Waals surface area contributed by atoms with Gasteiger partial charge in [-0.3, -0.25) is 9.59 Å². The monoisotopic (exact) mass is 300 g/mol. The average molecular weight is 301 g/mol. The minimum Gasteiger partial charge on any atom is -0.480 e. The van der Waals surface area contributed by atoms with Gasteiger partial charge >= 0.3 is 11.9 Å². The van der Waals surface area contributed by atoms with Crippen LogP contribution in [0.1, 0.15) is 25.3 Å². The highest BCUT2D eigenvalue weighted by Gasteiger charge is 2.50. The Morgan fingerprint density at radius 1 is 1.35 bits per heavy atom. The molecule has 0 bridgehead atoms. The predicted octanol–water partition coefficient (Wildman–Crippen LogP) is 2.00. The lowest BCUT2D eigenvalue weighted by Crippen LogP contribution is -2.45.